The van der Waals surface area contributed by atoms with Crippen LogP contribution in [0.5, 0.6) is 0 Å². The molecule has 2 atom stereocenters. The lowest BCUT2D eigenvalue weighted by Crippen LogP contribution is -2.09. The lowest BCUT2D eigenvalue weighted by molar-refractivity contribution is 0.373. The molecule has 25 heavy (non-hydrogen) atoms. The lowest BCUT2D eigenvalue weighted by Gasteiger charge is -2.01. The van der Waals surface area contributed by atoms with Gasteiger partial charge in [-0.3, -0.25) is 4.68 Å². The second-order valence-corrected chi connectivity index (χ2v) is 6.47. The molecule has 0 bridgehead atoms. The molecule has 1 aliphatic rings. The van der Waals surface area contributed by atoms with Gasteiger partial charge in [-0.1, -0.05) is 35.5 Å². The summed E-state index contributed by atoms with van der Waals surface area (Å²) in [6, 6.07) is 12.5. The van der Waals surface area contributed by atoms with Crippen molar-refractivity contribution < 1.29 is 9.26 Å². The van der Waals surface area contributed by atoms with E-state index < -0.39 is 0 Å². The number of benzene rings is 1. The van der Waals surface area contributed by atoms with Crippen molar-refractivity contribution in [1.82, 2.24) is 14.9 Å². The number of hydrogen-bond acceptors (Lipinski definition) is 5. The van der Waals surface area contributed by atoms with Crippen molar-refractivity contribution >= 4 is 5.82 Å². The first-order valence-electron chi connectivity index (χ1n) is 8.60. The zero-order chi connectivity index (χ0) is 17.2. The SMILES string of the molecule is Cc1noc(C)c1Cn1ccc(NC2OC2CCc2ccccc2)n1. The van der Waals surface area contributed by atoms with Crippen LogP contribution in [0.3, 0.4) is 0 Å². The molecule has 1 aliphatic heterocycles. The van der Waals surface area contributed by atoms with E-state index in [0.717, 1.165) is 35.7 Å². The fourth-order valence-electron chi connectivity index (χ4n) is 3.01. The summed E-state index contributed by atoms with van der Waals surface area (Å²) in [4.78, 5) is 0. The molecule has 130 valence electrons. The van der Waals surface area contributed by atoms with Crippen molar-refractivity contribution in [2.45, 2.75) is 45.6 Å². The predicted molar refractivity (Wildman–Crippen MR) is 94.4 cm³/mol. The van der Waals surface area contributed by atoms with Crippen LogP contribution in [-0.2, 0) is 17.7 Å². The van der Waals surface area contributed by atoms with Gasteiger partial charge >= 0.3 is 0 Å². The Hall–Kier alpha value is -2.60. The summed E-state index contributed by atoms with van der Waals surface area (Å²) in [5.74, 6) is 1.67. The van der Waals surface area contributed by atoms with E-state index in [4.69, 9.17) is 9.26 Å². The molecule has 3 heterocycles. The van der Waals surface area contributed by atoms with E-state index in [0.29, 0.717) is 6.54 Å². The smallest absolute Gasteiger partial charge is 0.156 e. The van der Waals surface area contributed by atoms with E-state index in [-0.39, 0.29) is 12.3 Å². The van der Waals surface area contributed by atoms with E-state index in [9.17, 15) is 0 Å². The van der Waals surface area contributed by atoms with Gasteiger partial charge in [0.1, 0.15) is 17.7 Å². The number of ether oxygens (including phenoxy) is 1. The molecular weight excluding hydrogens is 316 g/mol. The van der Waals surface area contributed by atoms with Crippen LogP contribution in [0, 0.1) is 13.8 Å². The van der Waals surface area contributed by atoms with Gasteiger partial charge in [0.15, 0.2) is 6.23 Å². The molecule has 1 aromatic carbocycles. The molecule has 2 unspecified atom stereocenters. The average Bonchev–Trinajstić information content (AvgIpc) is 3.08. The summed E-state index contributed by atoms with van der Waals surface area (Å²) in [6.45, 7) is 4.53. The number of rotatable bonds is 7. The van der Waals surface area contributed by atoms with E-state index in [1.54, 1.807) is 0 Å². The lowest BCUT2D eigenvalue weighted by atomic mass is 10.1. The second kappa shape index (κ2) is 6.72. The molecule has 0 radical (unpaired) electrons. The van der Waals surface area contributed by atoms with Gasteiger partial charge in [0.25, 0.3) is 0 Å². The zero-order valence-corrected chi connectivity index (χ0v) is 14.5. The van der Waals surface area contributed by atoms with Crippen molar-refractivity contribution in [2.75, 3.05) is 5.32 Å². The van der Waals surface area contributed by atoms with Gasteiger partial charge in [-0.15, -0.1) is 0 Å². The first-order chi connectivity index (χ1) is 12.2. The van der Waals surface area contributed by atoms with Crippen molar-refractivity contribution in [3.8, 4) is 0 Å². The highest BCUT2D eigenvalue weighted by molar-refractivity contribution is 5.35. The maximum Gasteiger partial charge on any atom is 0.156 e. The van der Waals surface area contributed by atoms with Crippen LogP contribution in [0.1, 0.15) is 29.0 Å². The summed E-state index contributed by atoms with van der Waals surface area (Å²) in [5, 5.41) is 11.9. The van der Waals surface area contributed by atoms with Crippen LogP contribution >= 0.6 is 0 Å². The maximum atomic E-state index is 5.71. The summed E-state index contributed by atoms with van der Waals surface area (Å²) in [5.41, 5.74) is 3.34. The molecule has 0 aliphatic carbocycles. The molecule has 6 nitrogen and oxygen atoms in total. The van der Waals surface area contributed by atoms with Crippen molar-refractivity contribution in [3.05, 3.63) is 65.2 Å². The Morgan fingerprint density at radius 2 is 2.00 bits per heavy atom. The van der Waals surface area contributed by atoms with Gasteiger partial charge < -0.3 is 14.6 Å². The van der Waals surface area contributed by atoms with E-state index >= 15 is 0 Å². The summed E-state index contributed by atoms with van der Waals surface area (Å²) in [6.07, 6.45) is 4.32. The van der Waals surface area contributed by atoms with Crippen LogP contribution < -0.4 is 5.32 Å². The quantitative estimate of drug-likeness (QED) is 0.669. The molecule has 6 heteroatoms. The standard InChI is InChI=1S/C19H22N4O2/c1-13-16(14(2)25-22-13)12-23-11-10-18(21-23)20-19-17(24-19)9-8-15-6-4-3-5-7-15/h3-7,10-11,17,19H,8-9,12H2,1-2H3,(H,20,21). The highest BCUT2D eigenvalue weighted by Crippen LogP contribution is 2.27. The van der Waals surface area contributed by atoms with Crippen molar-refractivity contribution in [2.24, 2.45) is 0 Å². The number of nitrogens with one attached hydrogen (secondary N) is 1. The Morgan fingerprint density at radius 1 is 1.16 bits per heavy atom. The van der Waals surface area contributed by atoms with Crippen LogP contribution in [0.4, 0.5) is 5.82 Å². The van der Waals surface area contributed by atoms with Crippen molar-refractivity contribution in [1.29, 1.82) is 0 Å². The number of aryl methyl sites for hydroxylation is 3. The number of epoxide rings is 1. The minimum absolute atomic E-state index is 0.0612. The monoisotopic (exact) mass is 338 g/mol. The first-order valence-corrected chi connectivity index (χ1v) is 8.60. The number of aromatic nitrogens is 3. The van der Waals surface area contributed by atoms with Crippen LogP contribution in [0.2, 0.25) is 0 Å². The van der Waals surface area contributed by atoms with Crippen molar-refractivity contribution in [3.63, 3.8) is 0 Å². The predicted octanol–water partition coefficient (Wildman–Crippen LogP) is 3.31. The normalized spacial score (nSPS) is 19.1. The van der Waals surface area contributed by atoms with Gasteiger partial charge in [-0.2, -0.15) is 5.10 Å². The van der Waals surface area contributed by atoms with E-state index in [2.05, 4.69) is 39.8 Å². The Balaban J connectivity index is 1.28. The number of anilines is 1. The molecule has 1 saturated heterocycles. The minimum Gasteiger partial charge on any atom is -0.361 e. The molecule has 1 fully saturated rings. The summed E-state index contributed by atoms with van der Waals surface area (Å²) in [7, 11) is 0. The van der Waals surface area contributed by atoms with Crippen LogP contribution in [0.15, 0.2) is 47.1 Å². The molecule has 0 amide bonds. The first kappa shape index (κ1) is 15.9. The molecule has 0 spiro atoms. The van der Waals surface area contributed by atoms with Crippen LogP contribution in [0.25, 0.3) is 0 Å². The minimum atomic E-state index is 0.0612. The molecule has 3 aromatic rings. The third kappa shape index (κ3) is 3.74. The molecule has 1 N–H and O–H groups in total. The van der Waals surface area contributed by atoms with E-state index in [1.165, 1.54) is 5.56 Å². The van der Waals surface area contributed by atoms with Gasteiger partial charge in [0.05, 0.1) is 12.2 Å². The summed E-state index contributed by atoms with van der Waals surface area (Å²) < 4.78 is 12.8. The number of hydrogen-bond donors (Lipinski definition) is 1. The van der Waals surface area contributed by atoms with Gasteiger partial charge in [-0.05, 0) is 32.3 Å². The fraction of sp³-hybridized carbons (Fsp3) is 0.368. The van der Waals surface area contributed by atoms with Gasteiger partial charge in [-0.25, -0.2) is 0 Å². The Kier molecular flexibility index (Phi) is 4.28. The Morgan fingerprint density at radius 3 is 2.76 bits per heavy atom. The highest BCUT2D eigenvalue weighted by Gasteiger charge is 2.38. The average molecular weight is 338 g/mol. The third-order valence-electron chi connectivity index (χ3n) is 4.57. The van der Waals surface area contributed by atoms with Gasteiger partial charge in [0.2, 0.25) is 0 Å². The Bertz CT molecular complexity index is 821. The largest absolute Gasteiger partial charge is 0.361 e. The van der Waals surface area contributed by atoms with Crippen LogP contribution in [-0.4, -0.2) is 27.3 Å². The Labute approximate surface area is 146 Å². The zero-order valence-electron chi connectivity index (χ0n) is 14.5. The van der Waals surface area contributed by atoms with Gasteiger partial charge in [0, 0.05) is 17.8 Å². The molecule has 4 rings (SSSR count). The third-order valence-corrected chi connectivity index (χ3v) is 4.57. The molecular formula is C19H22N4O2. The maximum absolute atomic E-state index is 5.71. The number of nitrogens with zero attached hydrogens (tertiary/aromatic N) is 3. The topological polar surface area (TPSA) is 68.4 Å². The second-order valence-electron chi connectivity index (χ2n) is 6.47. The molecule has 2 aromatic heterocycles. The molecule has 0 saturated carbocycles. The summed E-state index contributed by atoms with van der Waals surface area (Å²) >= 11 is 0. The fourth-order valence-corrected chi connectivity index (χ4v) is 3.01. The highest BCUT2D eigenvalue weighted by atomic mass is 16.6. The van der Waals surface area contributed by atoms with E-state index in [1.807, 2.05) is 36.9 Å².